The molecular weight excluding hydrogens is 488 g/mol. The summed E-state index contributed by atoms with van der Waals surface area (Å²) in [6, 6.07) is 18.6. The summed E-state index contributed by atoms with van der Waals surface area (Å²) >= 11 is 9.19. The number of para-hydroxylation sites is 1. The zero-order chi connectivity index (χ0) is 23.5. The van der Waals surface area contributed by atoms with Crippen molar-refractivity contribution in [2.75, 3.05) is 0 Å². The number of amidine groups is 2. The second-order valence-electron chi connectivity index (χ2n) is 7.87. The normalized spacial score (nSPS) is 16.6. The maximum absolute atomic E-state index is 13.3. The molecule has 3 heterocycles. The van der Waals surface area contributed by atoms with Crippen molar-refractivity contribution in [1.29, 1.82) is 0 Å². The number of hydrogen-bond donors (Lipinski definition) is 1. The van der Waals surface area contributed by atoms with Gasteiger partial charge in [-0.1, -0.05) is 53.7 Å². The molecule has 1 aromatic heterocycles. The van der Waals surface area contributed by atoms with Crippen LogP contribution in [-0.4, -0.2) is 33.8 Å². The van der Waals surface area contributed by atoms with Crippen molar-refractivity contribution >= 4 is 63.2 Å². The molecule has 9 heteroatoms. The molecule has 34 heavy (non-hydrogen) atoms. The highest BCUT2D eigenvalue weighted by atomic mass is 35.5. The Bertz CT molecular complexity index is 1290. The zero-order valence-corrected chi connectivity index (χ0v) is 20.5. The number of amides is 2. The quantitative estimate of drug-likeness (QED) is 0.465. The van der Waals surface area contributed by atoms with Crippen molar-refractivity contribution in [2.24, 2.45) is 9.98 Å². The van der Waals surface area contributed by atoms with E-state index < -0.39 is 6.04 Å². The summed E-state index contributed by atoms with van der Waals surface area (Å²) in [4.78, 5) is 37.9. The van der Waals surface area contributed by atoms with Gasteiger partial charge in [-0.05, 0) is 47.7 Å². The molecule has 0 saturated carbocycles. The summed E-state index contributed by atoms with van der Waals surface area (Å²) in [7, 11) is 0. The van der Waals surface area contributed by atoms with Crippen LogP contribution in [0, 0.1) is 0 Å². The molecule has 2 amide bonds. The SMILES string of the molecule is O=C(CCC1N=C2c3ccccc3N=C(SCc3cccc(Cl)c3)N2C1=O)NCc1cccs1. The number of aliphatic imine (C=N–C) groups is 2. The van der Waals surface area contributed by atoms with Gasteiger partial charge in [0.1, 0.15) is 11.9 Å². The average molecular weight is 509 g/mol. The molecule has 1 unspecified atom stereocenters. The maximum atomic E-state index is 13.3. The van der Waals surface area contributed by atoms with E-state index in [1.54, 1.807) is 16.2 Å². The van der Waals surface area contributed by atoms with Crippen LogP contribution in [0.3, 0.4) is 0 Å². The fraction of sp³-hybridized carbons (Fsp3) is 0.200. The first-order valence-electron chi connectivity index (χ1n) is 10.8. The monoisotopic (exact) mass is 508 g/mol. The number of rotatable bonds is 7. The summed E-state index contributed by atoms with van der Waals surface area (Å²) in [5.41, 5.74) is 2.66. The molecule has 0 spiro atoms. The molecule has 1 atom stereocenters. The van der Waals surface area contributed by atoms with Gasteiger partial charge in [0.2, 0.25) is 5.91 Å². The fourth-order valence-electron chi connectivity index (χ4n) is 3.82. The van der Waals surface area contributed by atoms with E-state index >= 15 is 0 Å². The molecule has 0 saturated heterocycles. The highest BCUT2D eigenvalue weighted by Crippen LogP contribution is 2.35. The molecule has 2 aliphatic heterocycles. The second-order valence-corrected chi connectivity index (χ2v) is 10.3. The molecular formula is C25H21ClN4O2S2. The van der Waals surface area contributed by atoms with Gasteiger partial charge in [-0.15, -0.1) is 11.3 Å². The van der Waals surface area contributed by atoms with Crippen molar-refractivity contribution in [2.45, 2.75) is 31.2 Å². The molecule has 6 nitrogen and oxygen atoms in total. The lowest BCUT2D eigenvalue weighted by Gasteiger charge is -2.25. The van der Waals surface area contributed by atoms with Gasteiger partial charge >= 0.3 is 0 Å². The van der Waals surface area contributed by atoms with Gasteiger partial charge in [-0.2, -0.15) is 0 Å². The van der Waals surface area contributed by atoms with Gasteiger partial charge in [0.25, 0.3) is 5.91 Å². The first kappa shape index (κ1) is 22.8. The van der Waals surface area contributed by atoms with Gasteiger partial charge in [0, 0.05) is 27.6 Å². The van der Waals surface area contributed by atoms with Crippen LogP contribution in [0.2, 0.25) is 5.02 Å². The Balaban J connectivity index is 1.30. The number of thioether (sulfide) groups is 1. The molecule has 5 rings (SSSR count). The van der Waals surface area contributed by atoms with E-state index in [-0.39, 0.29) is 18.2 Å². The van der Waals surface area contributed by atoms with E-state index in [0.29, 0.717) is 34.7 Å². The Morgan fingerprint density at radius 3 is 2.85 bits per heavy atom. The minimum Gasteiger partial charge on any atom is -0.351 e. The Morgan fingerprint density at radius 1 is 1.15 bits per heavy atom. The summed E-state index contributed by atoms with van der Waals surface area (Å²) in [5.74, 6) is 0.992. The highest BCUT2D eigenvalue weighted by Gasteiger charge is 2.41. The van der Waals surface area contributed by atoms with E-state index in [1.807, 2.05) is 66.0 Å². The summed E-state index contributed by atoms with van der Waals surface area (Å²) < 4.78 is 0. The summed E-state index contributed by atoms with van der Waals surface area (Å²) in [6.07, 6.45) is 0.583. The molecule has 1 N–H and O–H groups in total. The van der Waals surface area contributed by atoms with Crippen molar-refractivity contribution in [3.05, 3.63) is 87.1 Å². The molecule has 0 bridgehead atoms. The van der Waals surface area contributed by atoms with E-state index in [4.69, 9.17) is 21.6 Å². The largest absolute Gasteiger partial charge is 0.351 e. The van der Waals surface area contributed by atoms with Crippen LogP contribution < -0.4 is 5.32 Å². The summed E-state index contributed by atoms with van der Waals surface area (Å²) in [5, 5.41) is 6.15. The number of fused-ring (bicyclic) bond motifs is 3. The minimum absolute atomic E-state index is 0.0871. The van der Waals surface area contributed by atoms with Crippen LogP contribution in [0.25, 0.3) is 0 Å². The van der Waals surface area contributed by atoms with E-state index in [2.05, 4.69) is 5.32 Å². The third-order valence-corrected chi connectivity index (χ3v) is 7.61. The van der Waals surface area contributed by atoms with Crippen LogP contribution in [0.15, 0.2) is 76.0 Å². The number of hydrogen-bond acceptors (Lipinski definition) is 6. The molecule has 172 valence electrons. The lowest BCUT2D eigenvalue weighted by Crippen LogP contribution is -2.41. The number of halogens is 1. The number of thiophene rings is 1. The number of benzene rings is 2. The van der Waals surface area contributed by atoms with Crippen LogP contribution in [-0.2, 0) is 21.9 Å². The first-order valence-corrected chi connectivity index (χ1v) is 13.1. The lowest BCUT2D eigenvalue weighted by atomic mass is 10.1. The van der Waals surface area contributed by atoms with Crippen molar-refractivity contribution in [3.8, 4) is 0 Å². The molecule has 2 aliphatic rings. The molecule has 0 radical (unpaired) electrons. The predicted octanol–water partition coefficient (Wildman–Crippen LogP) is 5.39. The Hall–Kier alpha value is -2.94. The molecule has 0 fully saturated rings. The lowest BCUT2D eigenvalue weighted by molar-refractivity contribution is -0.125. The van der Waals surface area contributed by atoms with Crippen LogP contribution >= 0.6 is 34.7 Å². The Labute approximate surface area is 210 Å². The number of nitrogens with one attached hydrogen (secondary N) is 1. The van der Waals surface area contributed by atoms with Crippen molar-refractivity contribution in [3.63, 3.8) is 0 Å². The maximum Gasteiger partial charge on any atom is 0.259 e. The number of carbonyl (C=O) groups excluding carboxylic acids is 2. The smallest absolute Gasteiger partial charge is 0.259 e. The Kier molecular flexibility index (Phi) is 6.80. The van der Waals surface area contributed by atoms with Gasteiger partial charge < -0.3 is 5.32 Å². The predicted molar refractivity (Wildman–Crippen MR) is 139 cm³/mol. The standard InChI is InChI=1S/C25H21ClN4O2S2/c26-17-6-3-5-16(13-17)15-34-25-29-20-9-2-1-8-19(20)23-28-21(24(32)30(23)25)10-11-22(31)27-14-18-7-4-12-33-18/h1-9,12-13,21H,10-11,14-15H2,(H,27,31). The van der Waals surface area contributed by atoms with Crippen LogP contribution in [0.1, 0.15) is 28.8 Å². The fourth-order valence-corrected chi connectivity index (χ4v) is 5.62. The third kappa shape index (κ3) is 4.94. The first-order chi connectivity index (χ1) is 16.6. The van der Waals surface area contributed by atoms with Gasteiger partial charge in [-0.25, -0.2) is 9.89 Å². The molecule has 2 aromatic carbocycles. The summed E-state index contributed by atoms with van der Waals surface area (Å²) in [6.45, 7) is 0.500. The average Bonchev–Trinajstić information content (AvgIpc) is 3.48. The van der Waals surface area contributed by atoms with E-state index in [1.165, 1.54) is 11.8 Å². The minimum atomic E-state index is -0.606. The topological polar surface area (TPSA) is 74.1 Å². The van der Waals surface area contributed by atoms with E-state index in [0.717, 1.165) is 21.7 Å². The molecule has 3 aromatic rings. The van der Waals surface area contributed by atoms with Crippen molar-refractivity contribution in [1.82, 2.24) is 10.2 Å². The van der Waals surface area contributed by atoms with Crippen LogP contribution in [0.5, 0.6) is 0 Å². The highest BCUT2D eigenvalue weighted by molar-refractivity contribution is 8.13. The third-order valence-electron chi connectivity index (χ3n) is 5.49. The van der Waals surface area contributed by atoms with Crippen molar-refractivity contribution < 1.29 is 9.59 Å². The van der Waals surface area contributed by atoms with Gasteiger partial charge in [-0.3, -0.25) is 14.6 Å². The Morgan fingerprint density at radius 2 is 2.03 bits per heavy atom. The van der Waals surface area contributed by atoms with Gasteiger partial charge in [0.15, 0.2) is 5.17 Å². The van der Waals surface area contributed by atoms with E-state index in [9.17, 15) is 9.59 Å². The molecule has 0 aliphatic carbocycles. The second kappa shape index (κ2) is 10.1. The number of carbonyl (C=O) groups is 2. The zero-order valence-electron chi connectivity index (χ0n) is 18.1. The number of nitrogens with zero attached hydrogens (tertiary/aromatic N) is 3. The van der Waals surface area contributed by atoms with Gasteiger partial charge in [0.05, 0.1) is 12.2 Å². The van der Waals surface area contributed by atoms with Crippen LogP contribution in [0.4, 0.5) is 5.69 Å².